The summed E-state index contributed by atoms with van der Waals surface area (Å²) in [4.78, 5) is 0. The Morgan fingerprint density at radius 3 is 2.06 bits per heavy atom. The van der Waals surface area contributed by atoms with Crippen molar-refractivity contribution in [2.75, 3.05) is 0 Å². The van der Waals surface area contributed by atoms with E-state index in [1.165, 1.54) is 5.57 Å². The van der Waals surface area contributed by atoms with Gasteiger partial charge in [-0.3, -0.25) is 0 Å². The van der Waals surface area contributed by atoms with Crippen LogP contribution in [-0.4, -0.2) is 0 Å². The summed E-state index contributed by atoms with van der Waals surface area (Å²) < 4.78 is 0. The first-order valence-corrected chi connectivity index (χ1v) is 6.98. The normalized spacial score (nSPS) is 20.8. The smallest absolute Gasteiger partial charge is 0.0163 e. The summed E-state index contributed by atoms with van der Waals surface area (Å²) in [7, 11) is 0. The lowest BCUT2D eigenvalue weighted by Gasteiger charge is -2.18. The van der Waals surface area contributed by atoms with Gasteiger partial charge in [-0.15, -0.1) is 6.58 Å². The van der Waals surface area contributed by atoms with Crippen LogP contribution in [-0.2, 0) is 0 Å². The van der Waals surface area contributed by atoms with Crippen molar-refractivity contribution < 1.29 is 0 Å². The van der Waals surface area contributed by atoms with Gasteiger partial charge < -0.3 is 0 Å². The van der Waals surface area contributed by atoms with Gasteiger partial charge in [0, 0.05) is 5.92 Å². The van der Waals surface area contributed by atoms with Gasteiger partial charge in [-0.1, -0.05) is 51.5 Å². The number of hydrogen-bond donors (Lipinski definition) is 0. The third-order valence-electron chi connectivity index (χ3n) is 3.77. The maximum Gasteiger partial charge on any atom is 0.0163 e. The molecule has 0 fully saturated rings. The van der Waals surface area contributed by atoms with E-state index in [1.54, 1.807) is 16.7 Å². The van der Waals surface area contributed by atoms with Gasteiger partial charge in [0.2, 0.25) is 0 Å². The fourth-order valence-electron chi connectivity index (χ4n) is 2.91. The van der Waals surface area contributed by atoms with E-state index in [4.69, 9.17) is 0 Å². The number of allylic oxidation sites excluding steroid dienone is 7. The molecule has 0 aromatic rings. The van der Waals surface area contributed by atoms with Crippen LogP contribution in [0.25, 0.3) is 0 Å². The first-order valence-electron chi connectivity index (χ1n) is 6.98. The molecule has 0 spiro atoms. The summed E-state index contributed by atoms with van der Waals surface area (Å²) in [5, 5.41) is 0. The van der Waals surface area contributed by atoms with Crippen LogP contribution < -0.4 is 0 Å². The predicted octanol–water partition coefficient (Wildman–Crippen LogP) is 5.59. The second-order valence-corrected chi connectivity index (χ2v) is 4.54. The number of hydrogen-bond acceptors (Lipinski definition) is 0. The van der Waals surface area contributed by atoms with E-state index in [0.29, 0.717) is 5.92 Å². The summed E-state index contributed by atoms with van der Waals surface area (Å²) in [6, 6.07) is 0. The SMILES string of the molecule is CCC1=C(CC)C(CC)=C(CC)[13CH]([13CH]=[13CH2])[13CH]=[13CH]1. The molecule has 0 nitrogen and oxygen atoms in total. The highest BCUT2D eigenvalue weighted by atomic mass is 14.8. The molecule has 0 saturated carbocycles. The van der Waals surface area contributed by atoms with Crippen molar-refractivity contribution >= 4 is 0 Å². The second-order valence-electron chi connectivity index (χ2n) is 4.54. The van der Waals surface area contributed by atoms with Gasteiger partial charge in [0.25, 0.3) is 0 Å². The zero-order chi connectivity index (χ0) is 12.8. The van der Waals surface area contributed by atoms with Gasteiger partial charge in [0.15, 0.2) is 0 Å². The molecule has 1 rings (SSSR count). The van der Waals surface area contributed by atoms with Gasteiger partial charge >= 0.3 is 0 Å². The van der Waals surface area contributed by atoms with Crippen LogP contribution in [0.15, 0.2) is 47.1 Å². The highest BCUT2D eigenvalue weighted by Crippen LogP contribution is 2.35. The zero-order valence-electron chi connectivity index (χ0n) is 11.8. The fraction of sp³-hybridized carbons (Fsp3) is 0.529. The summed E-state index contributed by atoms with van der Waals surface area (Å²) >= 11 is 0. The van der Waals surface area contributed by atoms with E-state index in [2.05, 4.69) is 52.5 Å². The molecular weight excluding hydrogens is 209 g/mol. The summed E-state index contributed by atoms with van der Waals surface area (Å²) in [6.45, 7) is 13.1. The fourth-order valence-corrected chi connectivity index (χ4v) is 2.91. The maximum atomic E-state index is 3.99. The molecule has 0 aromatic carbocycles. The first kappa shape index (κ1) is 14.0. The van der Waals surface area contributed by atoms with Gasteiger partial charge in [-0.25, -0.2) is 0 Å². The average Bonchev–Trinajstić information content (AvgIpc) is 2.52. The Morgan fingerprint density at radius 2 is 1.65 bits per heavy atom. The van der Waals surface area contributed by atoms with Gasteiger partial charge in [0.1, 0.15) is 0 Å². The van der Waals surface area contributed by atoms with Crippen LogP contribution >= 0.6 is 0 Å². The van der Waals surface area contributed by atoms with Crippen LogP contribution in [0.2, 0.25) is 0 Å². The summed E-state index contributed by atoms with van der Waals surface area (Å²) in [6.07, 6.45) is 11.3. The molecule has 17 heavy (non-hydrogen) atoms. The third kappa shape index (κ3) is 2.80. The van der Waals surface area contributed by atoms with Crippen molar-refractivity contribution in [3.63, 3.8) is 0 Å². The van der Waals surface area contributed by atoms with Crippen LogP contribution in [0.3, 0.4) is 0 Å². The second kappa shape index (κ2) is 6.64. The van der Waals surface area contributed by atoms with Gasteiger partial charge in [-0.05, 0) is 42.4 Å². The van der Waals surface area contributed by atoms with Crippen LogP contribution in [0.5, 0.6) is 0 Å². The van der Waals surface area contributed by atoms with Crippen LogP contribution in [0.4, 0.5) is 0 Å². The van der Waals surface area contributed by atoms with Crippen molar-refractivity contribution in [3.05, 3.63) is 47.1 Å². The molecule has 0 radical (unpaired) electrons. The lowest BCUT2D eigenvalue weighted by Crippen LogP contribution is -2.02. The highest BCUT2D eigenvalue weighted by molar-refractivity contribution is 5.47. The Kier molecular flexibility index (Phi) is 5.47. The molecule has 0 bridgehead atoms. The molecule has 0 heteroatoms. The van der Waals surface area contributed by atoms with E-state index in [-0.39, 0.29) is 0 Å². The standard InChI is InChI=1S/C17H26/c1-6-13-11-12-14(7-2)16(9-4)17(10-5)15(13)8-3/h6,11-13H,1,7-10H2,2-5H3/i1+1,6+1,11+1,12+1,13+1. The largest absolute Gasteiger partial charge is 0.102 e. The lowest BCUT2D eigenvalue weighted by molar-refractivity contribution is 0.844. The molecule has 0 amide bonds. The van der Waals surface area contributed by atoms with E-state index in [0.717, 1.165) is 25.7 Å². The Hall–Kier alpha value is -1.04. The predicted molar refractivity (Wildman–Crippen MR) is 78.0 cm³/mol. The van der Waals surface area contributed by atoms with E-state index >= 15 is 0 Å². The zero-order valence-corrected chi connectivity index (χ0v) is 11.8. The maximum absolute atomic E-state index is 3.99. The van der Waals surface area contributed by atoms with Crippen molar-refractivity contribution in [3.8, 4) is 0 Å². The Labute approximate surface area is 107 Å². The minimum absolute atomic E-state index is 0.431. The molecular formula is C17H26. The summed E-state index contributed by atoms with van der Waals surface area (Å²) in [5.41, 5.74) is 6.24. The minimum Gasteiger partial charge on any atom is -0.102 e. The van der Waals surface area contributed by atoms with Gasteiger partial charge in [0.05, 0.1) is 0 Å². The number of rotatable bonds is 5. The molecule has 0 heterocycles. The molecule has 1 atom stereocenters. The molecule has 0 N–H and O–H groups in total. The third-order valence-corrected chi connectivity index (χ3v) is 3.77. The van der Waals surface area contributed by atoms with Crippen molar-refractivity contribution in [1.82, 2.24) is 0 Å². The molecule has 0 aliphatic heterocycles. The highest BCUT2D eigenvalue weighted by Gasteiger charge is 2.18. The average molecular weight is 235 g/mol. The Bertz CT molecular complexity index is 363. The molecule has 0 saturated heterocycles. The van der Waals surface area contributed by atoms with Gasteiger partial charge in [-0.2, -0.15) is 0 Å². The minimum atomic E-state index is 0.431. The quantitative estimate of drug-likeness (QED) is 0.430. The van der Waals surface area contributed by atoms with Crippen LogP contribution in [0.1, 0.15) is 53.4 Å². The molecule has 1 aliphatic rings. The molecule has 94 valence electrons. The van der Waals surface area contributed by atoms with Crippen LogP contribution in [0, 0.1) is 5.92 Å². The topological polar surface area (TPSA) is 0 Å². The summed E-state index contributed by atoms with van der Waals surface area (Å²) in [5.74, 6) is 0.431. The molecule has 1 aliphatic carbocycles. The van der Waals surface area contributed by atoms with E-state index in [9.17, 15) is 0 Å². The first-order chi connectivity index (χ1) is 8.23. The van der Waals surface area contributed by atoms with E-state index in [1.807, 2.05) is 0 Å². The van der Waals surface area contributed by atoms with Crippen molar-refractivity contribution in [2.24, 2.45) is 5.92 Å². The Morgan fingerprint density at radius 1 is 1.00 bits per heavy atom. The lowest BCUT2D eigenvalue weighted by atomic mass is 9.93. The van der Waals surface area contributed by atoms with Crippen molar-refractivity contribution in [1.29, 1.82) is 0 Å². The van der Waals surface area contributed by atoms with Crippen molar-refractivity contribution in [2.45, 2.75) is 53.4 Å². The Balaban J connectivity index is 3.41. The van der Waals surface area contributed by atoms with E-state index < -0.39 is 0 Å². The monoisotopic (exact) mass is 235 g/mol. The molecule has 1 unspecified atom stereocenters. The molecule has 0 aromatic heterocycles.